The average molecular weight is 250 g/mol. The van der Waals surface area contributed by atoms with Gasteiger partial charge in [-0.2, -0.15) is 13.2 Å². The summed E-state index contributed by atoms with van der Waals surface area (Å²) in [4.78, 5) is 4.00. The van der Waals surface area contributed by atoms with Crippen molar-refractivity contribution in [1.82, 2.24) is 4.98 Å². The molecule has 0 saturated carbocycles. The van der Waals surface area contributed by atoms with E-state index in [0.29, 0.717) is 5.52 Å². The van der Waals surface area contributed by atoms with Gasteiger partial charge in [-0.1, -0.05) is 23.5 Å². The van der Waals surface area contributed by atoms with Crippen LogP contribution in [0.25, 0.3) is 10.2 Å². The van der Waals surface area contributed by atoms with Crippen LogP contribution in [0.15, 0.2) is 24.3 Å². The number of hydrogen-bond acceptors (Lipinski definition) is 4. The molecule has 1 heterocycles. The second kappa shape index (κ2) is 3.90. The lowest BCUT2D eigenvalue weighted by Crippen LogP contribution is -2.04. The van der Waals surface area contributed by atoms with E-state index in [1.807, 2.05) is 12.1 Å². The molecule has 1 aromatic heterocycles. The van der Waals surface area contributed by atoms with E-state index < -0.39 is 5.51 Å². The van der Waals surface area contributed by atoms with Crippen molar-refractivity contribution < 1.29 is 13.2 Å². The van der Waals surface area contributed by atoms with Crippen LogP contribution in [0.4, 0.5) is 18.3 Å². The van der Waals surface area contributed by atoms with Crippen LogP contribution in [0, 0.1) is 0 Å². The smallest absolute Gasteiger partial charge is 0.298 e. The molecule has 0 aliphatic rings. The van der Waals surface area contributed by atoms with Crippen molar-refractivity contribution in [3.63, 3.8) is 0 Å². The second-order valence-electron chi connectivity index (χ2n) is 2.64. The summed E-state index contributed by atoms with van der Waals surface area (Å²) in [6.45, 7) is 0. The lowest BCUT2D eigenvalue weighted by Gasteiger charge is -2.03. The Balaban J connectivity index is 2.16. The summed E-state index contributed by atoms with van der Waals surface area (Å²) >= 11 is 0.895. The van der Waals surface area contributed by atoms with Gasteiger partial charge < -0.3 is 0 Å². The number of thiazole rings is 1. The minimum Gasteiger partial charge on any atom is -0.298 e. The Labute approximate surface area is 91.6 Å². The monoisotopic (exact) mass is 250 g/mol. The van der Waals surface area contributed by atoms with Crippen LogP contribution in [0.3, 0.4) is 0 Å². The molecule has 0 bridgehead atoms. The maximum atomic E-state index is 11.9. The van der Waals surface area contributed by atoms with Gasteiger partial charge in [-0.25, -0.2) is 4.98 Å². The van der Waals surface area contributed by atoms with Gasteiger partial charge in [-0.05, 0) is 12.1 Å². The number of hydrogen-bond donors (Lipinski definition) is 1. The average Bonchev–Trinajstić information content (AvgIpc) is 2.56. The highest BCUT2D eigenvalue weighted by Crippen LogP contribution is 2.34. The number of fused-ring (bicyclic) bond motifs is 1. The first-order chi connectivity index (χ1) is 7.04. The van der Waals surface area contributed by atoms with Gasteiger partial charge in [0.15, 0.2) is 5.13 Å². The van der Waals surface area contributed by atoms with Crippen molar-refractivity contribution in [1.29, 1.82) is 0 Å². The molecule has 0 aliphatic carbocycles. The SMILES string of the molecule is FC(F)(F)SNc1nc2ccccc2s1. The molecular weight excluding hydrogens is 245 g/mol. The Bertz CT molecular complexity index is 433. The van der Waals surface area contributed by atoms with Gasteiger partial charge in [0.05, 0.1) is 22.2 Å². The van der Waals surface area contributed by atoms with Crippen molar-refractivity contribution in [3.05, 3.63) is 24.3 Å². The number of halogens is 3. The maximum absolute atomic E-state index is 11.9. The maximum Gasteiger partial charge on any atom is 0.461 e. The van der Waals surface area contributed by atoms with Gasteiger partial charge >= 0.3 is 5.51 Å². The third-order valence-electron chi connectivity index (χ3n) is 1.55. The molecule has 80 valence electrons. The summed E-state index contributed by atoms with van der Waals surface area (Å²) in [5.74, 6) is 0. The van der Waals surface area contributed by atoms with E-state index in [1.54, 1.807) is 12.1 Å². The fraction of sp³-hybridized carbons (Fsp3) is 0.125. The van der Waals surface area contributed by atoms with Crippen molar-refractivity contribution in [3.8, 4) is 0 Å². The molecule has 0 radical (unpaired) electrons. The third kappa shape index (κ3) is 2.75. The van der Waals surface area contributed by atoms with Gasteiger partial charge in [0.25, 0.3) is 0 Å². The van der Waals surface area contributed by atoms with E-state index in [9.17, 15) is 13.2 Å². The van der Waals surface area contributed by atoms with Crippen molar-refractivity contribution in [2.24, 2.45) is 0 Å². The molecule has 0 unspecified atom stereocenters. The number of rotatable bonds is 2. The van der Waals surface area contributed by atoms with Crippen LogP contribution in [-0.2, 0) is 0 Å². The number of nitrogens with zero attached hydrogens (tertiary/aromatic N) is 1. The summed E-state index contributed by atoms with van der Waals surface area (Å²) in [7, 11) is 0. The highest BCUT2D eigenvalue weighted by atomic mass is 32.2. The largest absolute Gasteiger partial charge is 0.461 e. The fourth-order valence-electron chi connectivity index (χ4n) is 1.02. The van der Waals surface area contributed by atoms with E-state index in [1.165, 1.54) is 11.3 Å². The molecule has 15 heavy (non-hydrogen) atoms. The van der Waals surface area contributed by atoms with Gasteiger partial charge in [-0.15, -0.1) is 0 Å². The zero-order valence-electron chi connectivity index (χ0n) is 7.21. The first-order valence-electron chi connectivity index (χ1n) is 3.91. The second-order valence-corrected chi connectivity index (χ2v) is 4.54. The Morgan fingerprint density at radius 3 is 2.67 bits per heavy atom. The number of para-hydroxylation sites is 1. The Morgan fingerprint density at radius 1 is 1.27 bits per heavy atom. The van der Waals surface area contributed by atoms with Gasteiger partial charge in [0.1, 0.15) is 0 Å². The molecule has 7 heteroatoms. The lowest BCUT2D eigenvalue weighted by molar-refractivity contribution is -0.0323. The molecule has 2 rings (SSSR count). The fourth-order valence-corrected chi connectivity index (χ4v) is 2.27. The van der Waals surface area contributed by atoms with Crippen LogP contribution in [0.5, 0.6) is 0 Å². The van der Waals surface area contributed by atoms with Crippen LogP contribution in [0.2, 0.25) is 0 Å². The van der Waals surface area contributed by atoms with E-state index in [-0.39, 0.29) is 17.1 Å². The molecule has 0 fully saturated rings. The first kappa shape index (κ1) is 10.6. The van der Waals surface area contributed by atoms with Crippen molar-refractivity contribution in [2.75, 3.05) is 4.72 Å². The first-order valence-corrected chi connectivity index (χ1v) is 5.54. The minimum atomic E-state index is -4.29. The minimum absolute atomic E-state index is 0.263. The number of nitrogens with one attached hydrogen (secondary N) is 1. The molecule has 2 nitrogen and oxygen atoms in total. The topological polar surface area (TPSA) is 24.9 Å². The molecule has 0 saturated heterocycles. The standard InChI is InChI=1S/C8H5F3N2S2/c9-8(10,11)15-13-7-12-5-3-1-2-4-6(5)14-7/h1-4H,(H,12,13). The number of benzene rings is 1. The Morgan fingerprint density at radius 2 is 2.00 bits per heavy atom. The van der Waals surface area contributed by atoms with Crippen LogP contribution in [-0.4, -0.2) is 10.5 Å². The van der Waals surface area contributed by atoms with Crippen LogP contribution in [0.1, 0.15) is 0 Å². The zero-order valence-corrected chi connectivity index (χ0v) is 8.84. The zero-order chi connectivity index (χ0) is 10.9. The van der Waals surface area contributed by atoms with Crippen molar-refractivity contribution in [2.45, 2.75) is 5.51 Å². The van der Waals surface area contributed by atoms with Crippen LogP contribution >= 0.6 is 23.3 Å². The van der Waals surface area contributed by atoms with E-state index in [0.717, 1.165) is 4.70 Å². The van der Waals surface area contributed by atoms with Gasteiger partial charge in [0, 0.05) is 0 Å². The summed E-state index contributed by atoms with van der Waals surface area (Å²) < 4.78 is 38.7. The normalized spacial score (nSPS) is 11.9. The van der Waals surface area contributed by atoms with E-state index in [2.05, 4.69) is 9.71 Å². The van der Waals surface area contributed by atoms with E-state index in [4.69, 9.17) is 0 Å². The molecular formula is C8H5F3N2S2. The number of anilines is 1. The van der Waals surface area contributed by atoms with Crippen molar-refractivity contribution >= 4 is 38.6 Å². The van der Waals surface area contributed by atoms with Crippen LogP contribution < -0.4 is 4.72 Å². The van der Waals surface area contributed by atoms with Gasteiger partial charge in [0.2, 0.25) is 0 Å². The number of alkyl halides is 3. The highest BCUT2D eigenvalue weighted by molar-refractivity contribution is 8.01. The summed E-state index contributed by atoms with van der Waals surface area (Å²) in [6, 6.07) is 7.19. The Hall–Kier alpha value is -0.950. The predicted octanol–water partition coefficient (Wildman–Crippen LogP) is 3.88. The highest BCUT2D eigenvalue weighted by Gasteiger charge is 2.29. The molecule has 0 spiro atoms. The van der Waals surface area contributed by atoms with E-state index >= 15 is 0 Å². The molecule has 0 amide bonds. The summed E-state index contributed by atoms with van der Waals surface area (Å²) in [6.07, 6.45) is 0. The summed E-state index contributed by atoms with van der Waals surface area (Å²) in [5.41, 5.74) is -3.59. The molecule has 0 aliphatic heterocycles. The lowest BCUT2D eigenvalue weighted by atomic mass is 10.3. The quantitative estimate of drug-likeness (QED) is 0.819. The Kier molecular flexibility index (Phi) is 2.74. The molecule has 0 atom stereocenters. The summed E-state index contributed by atoms with van der Waals surface area (Å²) in [5, 5.41) is 0.263. The molecule has 1 aromatic carbocycles. The predicted molar refractivity (Wildman–Crippen MR) is 56.9 cm³/mol. The molecule has 2 aromatic rings. The molecule has 1 N–H and O–H groups in total. The number of aromatic nitrogens is 1. The third-order valence-corrected chi connectivity index (χ3v) is 3.16. The van der Waals surface area contributed by atoms with Gasteiger partial charge in [-0.3, -0.25) is 4.72 Å².